The van der Waals surface area contributed by atoms with Gasteiger partial charge in [0, 0.05) is 35.2 Å². The van der Waals surface area contributed by atoms with Gasteiger partial charge in [-0.15, -0.1) is 0 Å². The second kappa shape index (κ2) is 9.44. The average molecular weight is 329 g/mol. The van der Waals surface area contributed by atoms with Crippen molar-refractivity contribution in [1.29, 1.82) is 0 Å². The number of hydrogen-bond acceptors (Lipinski definition) is 6. The molecular formula is C13H23N3O5Si. The largest absolute Gasteiger partial charge is 0.378 e. The molecular weight excluding hydrogens is 306 g/mol. The van der Waals surface area contributed by atoms with Crippen LogP contribution >= 0.6 is 0 Å². The summed E-state index contributed by atoms with van der Waals surface area (Å²) in [7, 11) is 0.686. The highest BCUT2D eigenvalue weighted by Gasteiger charge is 2.34. The molecule has 1 rings (SSSR count). The van der Waals surface area contributed by atoms with Gasteiger partial charge in [0.05, 0.1) is 25.8 Å². The molecule has 3 N–H and O–H groups in total. The minimum absolute atomic E-state index is 0.102. The number of nitrogens with zero attached hydrogens (tertiary/aromatic N) is 1. The van der Waals surface area contributed by atoms with E-state index < -0.39 is 6.04 Å². The van der Waals surface area contributed by atoms with E-state index in [1.807, 2.05) is 0 Å². The van der Waals surface area contributed by atoms with Crippen LogP contribution in [0.2, 0.25) is 5.54 Å². The second-order valence-electron chi connectivity index (χ2n) is 5.24. The molecule has 1 aliphatic rings. The number of aldehydes is 1. The van der Waals surface area contributed by atoms with Crippen molar-refractivity contribution >= 4 is 34.3 Å². The predicted molar refractivity (Wildman–Crippen MR) is 82.1 cm³/mol. The molecule has 0 aromatic rings. The van der Waals surface area contributed by atoms with Crippen molar-refractivity contribution in [2.75, 3.05) is 26.3 Å². The molecule has 0 aromatic carbocycles. The van der Waals surface area contributed by atoms with Crippen molar-refractivity contribution in [3.8, 4) is 0 Å². The maximum absolute atomic E-state index is 11.7. The number of nitrogens with two attached hydrogens (primary N) is 1. The number of likely N-dealkylation sites (tertiary alicyclic amines) is 1. The smallest absolute Gasteiger partial charge is 0.237 e. The van der Waals surface area contributed by atoms with Gasteiger partial charge in [0.1, 0.15) is 6.29 Å². The molecule has 2 unspecified atom stereocenters. The van der Waals surface area contributed by atoms with Crippen molar-refractivity contribution in [3.05, 3.63) is 0 Å². The first-order chi connectivity index (χ1) is 10.5. The van der Waals surface area contributed by atoms with Crippen molar-refractivity contribution in [2.24, 2.45) is 5.73 Å². The maximum atomic E-state index is 11.7. The Morgan fingerprint density at radius 1 is 1.50 bits per heavy atom. The third-order valence-electron chi connectivity index (χ3n) is 3.41. The van der Waals surface area contributed by atoms with E-state index in [2.05, 4.69) is 5.32 Å². The van der Waals surface area contributed by atoms with E-state index in [-0.39, 0.29) is 49.4 Å². The van der Waals surface area contributed by atoms with Gasteiger partial charge in [0.15, 0.2) is 0 Å². The van der Waals surface area contributed by atoms with E-state index in [9.17, 15) is 19.2 Å². The van der Waals surface area contributed by atoms with Crippen LogP contribution in [0.1, 0.15) is 19.3 Å². The number of imide groups is 1. The van der Waals surface area contributed by atoms with E-state index in [1.54, 1.807) is 0 Å². The van der Waals surface area contributed by atoms with Gasteiger partial charge in [-0.2, -0.15) is 0 Å². The Bertz CT molecular complexity index is 432. The van der Waals surface area contributed by atoms with Crippen LogP contribution in [0, 0.1) is 0 Å². The van der Waals surface area contributed by atoms with E-state index in [4.69, 9.17) is 10.5 Å². The molecule has 2 atom stereocenters. The Morgan fingerprint density at radius 3 is 2.82 bits per heavy atom. The first kappa shape index (κ1) is 18.5. The van der Waals surface area contributed by atoms with Crippen LogP contribution in [0.3, 0.4) is 0 Å². The third kappa shape index (κ3) is 5.66. The molecule has 1 aliphatic heterocycles. The van der Waals surface area contributed by atoms with Crippen LogP contribution in [0.5, 0.6) is 0 Å². The van der Waals surface area contributed by atoms with Crippen molar-refractivity contribution in [3.63, 3.8) is 0 Å². The zero-order valence-corrected chi connectivity index (χ0v) is 14.7. The summed E-state index contributed by atoms with van der Waals surface area (Å²) < 4.78 is 5.29. The minimum Gasteiger partial charge on any atom is -0.378 e. The lowest BCUT2D eigenvalue weighted by atomic mass is 10.1. The van der Waals surface area contributed by atoms with E-state index in [0.717, 1.165) is 6.29 Å². The summed E-state index contributed by atoms with van der Waals surface area (Å²) in [6, 6.07) is -0.698. The lowest BCUT2D eigenvalue weighted by Gasteiger charge is -2.15. The van der Waals surface area contributed by atoms with Gasteiger partial charge >= 0.3 is 0 Å². The Kier molecular flexibility index (Phi) is 7.92. The Morgan fingerprint density at radius 2 is 2.23 bits per heavy atom. The van der Waals surface area contributed by atoms with Gasteiger partial charge in [-0.1, -0.05) is 0 Å². The standard InChI is InChI=1S/C13H23N3O5Si/c14-9(2-1-5-17)12(19)15-3-6-21-7-4-16-11(18)8-10(22)13(16)20/h5,9-10H,1-4,6-8,14H2,22H3,(H,15,19). The van der Waals surface area contributed by atoms with Crippen LogP contribution in [0.15, 0.2) is 0 Å². The molecule has 3 amide bonds. The van der Waals surface area contributed by atoms with Crippen LogP contribution in [-0.4, -0.2) is 71.5 Å². The SMILES string of the molecule is NC(CCC=O)C(=O)NCCOCCN1C(=O)CC([SiH3])C1=O. The fraction of sp³-hybridized carbons (Fsp3) is 0.692. The van der Waals surface area contributed by atoms with Gasteiger partial charge in [0.2, 0.25) is 17.7 Å². The fourth-order valence-electron chi connectivity index (χ4n) is 2.10. The summed E-state index contributed by atoms with van der Waals surface area (Å²) in [6.07, 6.45) is 1.61. The summed E-state index contributed by atoms with van der Waals surface area (Å²) >= 11 is 0. The number of carbonyl (C=O) groups excluding carboxylic acids is 4. The van der Waals surface area contributed by atoms with Crippen LogP contribution in [0.4, 0.5) is 0 Å². The molecule has 8 nitrogen and oxygen atoms in total. The monoisotopic (exact) mass is 329 g/mol. The zero-order chi connectivity index (χ0) is 16.5. The number of hydrogen-bond donors (Lipinski definition) is 2. The van der Waals surface area contributed by atoms with Gasteiger partial charge < -0.3 is 20.6 Å². The summed E-state index contributed by atoms with van der Waals surface area (Å²) in [4.78, 5) is 46.2. The Labute approximate surface area is 132 Å². The number of carbonyl (C=O) groups is 4. The van der Waals surface area contributed by atoms with Crippen molar-refractivity contribution in [1.82, 2.24) is 10.2 Å². The molecule has 22 heavy (non-hydrogen) atoms. The second-order valence-corrected chi connectivity index (χ2v) is 6.64. The number of amides is 3. The molecule has 0 saturated carbocycles. The number of ether oxygens (including phenoxy) is 1. The molecule has 0 radical (unpaired) electrons. The highest BCUT2D eigenvalue weighted by atomic mass is 28.1. The molecule has 124 valence electrons. The topological polar surface area (TPSA) is 119 Å². The third-order valence-corrected chi connectivity index (χ3v) is 4.31. The molecule has 1 heterocycles. The maximum Gasteiger partial charge on any atom is 0.237 e. The van der Waals surface area contributed by atoms with Gasteiger partial charge in [-0.25, -0.2) is 0 Å². The zero-order valence-electron chi connectivity index (χ0n) is 12.7. The molecule has 9 heteroatoms. The summed E-state index contributed by atoms with van der Waals surface area (Å²) in [6.45, 7) is 1.06. The molecule has 1 fully saturated rings. The normalized spacial score (nSPS) is 19.5. The van der Waals surface area contributed by atoms with E-state index in [1.165, 1.54) is 4.90 Å². The summed E-state index contributed by atoms with van der Waals surface area (Å²) in [5.41, 5.74) is 5.47. The molecule has 0 aliphatic carbocycles. The van der Waals surface area contributed by atoms with Crippen LogP contribution in [0.25, 0.3) is 0 Å². The van der Waals surface area contributed by atoms with Crippen LogP contribution < -0.4 is 11.1 Å². The first-order valence-electron chi connectivity index (χ1n) is 7.36. The van der Waals surface area contributed by atoms with E-state index in [0.29, 0.717) is 29.6 Å². The fourth-order valence-corrected chi connectivity index (χ4v) is 2.76. The molecule has 0 spiro atoms. The van der Waals surface area contributed by atoms with Gasteiger partial charge in [0.25, 0.3) is 0 Å². The van der Waals surface area contributed by atoms with Gasteiger partial charge in [-0.3, -0.25) is 19.3 Å². The van der Waals surface area contributed by atoms with Crippen molar-refractivity contribution < 1.29 is 23.9 Å². The Balaban J connectivity index is 2.08. The summed E-state index contributed by atoms with van der Waals surface area (Å²) in [5.74, 6) is -0.563. The predicted octanol–water partition coefficient (Wildman–Crippen LogP) is -2.66. The van der Waals surface area contributed by atoms with E-state index >= 15 is 0 Å². The Hall–Kier alpha value is -1.58. The van der Waals surface area contributed by atoms with Gasteiger partial charge in [-0.05, 0) is 6.42 Å². The molecule has 0 bridgehead atoms. The summed E-state index contributed by atoms with van der Waals surface area (Å²) in [5, 5.41) is 2.60. The minimum atomic E-state index is -0.698. The lowest BCUT2D eigenvalue weighted by Crippen LogP contribution is -2.42. The quantitative estimate of drug-likeness (QED) is 0.195. The van der Waals surface area contributed by atoms with Crippen LogP contribution in [-0.2, 0) is 23.9 Å². The molecule has 1 saturated heterocycles. The average Bonchev–Trinajstić information content (AvgIpc) is 2.73. The number of rotatable bonds is 10. The molecule has 0 aromatic heterocycles. The highest BCUT2D eigenvalue weighted by molar-refractivity contribution is 6.29. The first-order valence-corrected chi connectivity index (χ1v) is 8.51. The van der Waals surface area contributed by atoms with Crippen molar-refractivity contribution in [2.45, 2.75) is 30.8 Å². The number of nitrogens with one attached hydrogen (secondary N) is 1. The highest BCUT2D eigenvalue weighted by Crippen LogP contribution is 2.20. The lowest BCUT2D eigenvalue weighted by molar-refractivity contribution is -0.139.